The molecule has 0 bridgehead atoms. The van der Waals surface area contributed by atoms with Gasteiger partial charge in [0.2, 0.25) is 0 Å². The van der Waals surface area contributed by atoms with E-state index in [0.29, 0.717) is 5.15 Å². The summed E-state index contributed by atoms with van der Waals surface area (Å²) >= 11 is 7.95. The average molecular weight is 279 g/mol. The summed E-state index contributed by atoms with van der Waals surface area (Å²) in [5, 5.41) is 0.495. The maximum atomic E-state index is 5.83. The van der Waals surface area contributed by atoms with Gasteiger partial charge in [0.25, 0.3) is 0 Å². The minimum Gasteiger partial charge on any atom is -0.301 e. The zero-order valence-corrected chi connectivity index (χ0v) is 8.24. The van der Waals surface area contributed by atoms with Gasteiger partial charge >= 0.3 is 0 Å². The van der Waals surface area contributed by atoms with Crippen molar-refractivity contribution in [3.8, 4) is 0 Å². The fraction of sp³-hybridized carbons (Fsp3) is 0. The van der Waals surface area contributed by atoms with Crippen LogP contribution in [0.5, 0.6) is 0 Å². The minimum atomic E-state index is 0.495. The van der Waals surface area contributed by atoms with Crippen molar-refractivity contribution in [1.82, 2.24) is 14.4 Å². The molecule has 0 amide bonds. The summed E-state index contributed by atoms with van der Waals surface area (Å²) < 4.78 is 2.72. The van der Waals surface area contributed by atoms with Crippen molar-refractivity contribution in [3.05, 3.63) is 27.6 Å². The van der Waals surface area contributed by atoms with Crippen molar-refractivity contribution in [1.29, 1.82) is 0 Å². The number of fused-ring (bicyclic) bond motifs is 1. The van der Waals surface area contributed by atoms with Gasteiger partial charge in [-0.25, -0.2) is 9.97 Å². The lowest BCUT2D eigenvalue weighted by Gasteiger charge is -1.93. The Hall–Kier alpha value is -0.360. The van der Waals surface area contributed by atoms with Crippen molar-refractivity contribution in [3.63, 3.8) is 0 Å². The minimum absolute atomic E-state index is 0.495. The Kier molecular flexibility index (Phi) is 1.72. The van der Waals surface area contributed by atoms with E-state index in [0.717, 1.165) is 9.22 Å². The van der Waals surface area contributed by atoms with Crippen LogP contribution in [0.25, 0.3) is 5.52 Å². The first-order valence-electron chi connectivity index (χ1n) is 2.91. The first kappa shape index (κ1) is 7.30. The molecule has 5 heteroatoms. The molecule has 0 aromatic carbocycles. The van der Waals surface area contributed by atoms with E-state index in [1.807, 2.05) is 10.6 Å². The fourth-order valence-electron chi connectivity index (χ4n) is 0.875. The van der Waals surface area contributed by atoms with Gasteiger partial charge in [0.15, 0.2) is 5.15 Å². The van der Waals surface area contributed by atoms with Crippen molar-refractivity contribution in [2.45, 2.75) is 0 Å². The number of hydrogen-bond acceptors (Lipinski definition) is 2. The first-order chi connectivity index (χ1) is 5.29. The van der Waals surface area contributed by atoms with E-state index in [4.69, 9.17) is 11.6 Å². The summed E-state index contributed by atoms with van der Waals surface area (Å²) in [6.45, 7) is 0. The van der Waals surface area contributed by atoms with E-state index >= 15 is 0 Å². The van der Waals surface area contributed by atoms with E-state index in [2.05, 4.69) is 32.6 Å². The Balaban J connectivity index is 2.96. The molecule has 0 N–H and O–H groups in total. The highest BCUT2D eigenvalue weighted by Gasteiger charge is 2.04. The number of nitrogens with zero attached hydrogens (tertiary/aromatic N) is 3. The first-order valence-corrected chi connectivity index (χ1v) is 4.37. The second-order valence-electron chi connectivity index (χ2n) is 2.01. The van der Waals surface area contributed by atoms with Crippen molar-refractivity contribution < 1.29 is 0 Å². The van der Waals surface area contributed by atoms with Crippen LogP contribution in [0.15, 0.2) is 18.7 Å². The molecular weight excluding hydrogens is 276 g/mol. The van der Waals surface area contributed by atoms with Gasteiger partial charge in [0.1, 0.15) is 15.5 Å². The van der Waals surface area contributed by atoms with Gasteiger partial charge < -0.3 is 4.40 Å². The van der Waals surface area contributed by atoms with Crippen LogP contribution in [0.4, 0.5) is 0 Å². The Bertz CT molecular complexity index is 398. The van der Waals surface area contributed by atoms with Gasteiger partial charge in [-0.3, -0.25) is 0 Å². The molecule has 2 aromatic rings. The van der Waals surface area contributed by atoms with Crippen LogP contribution in [0.3, 0.4) is 0 Å². The molecule has 2 rings (SSSR count). The molecule has 0 radical (unpaired) electrons. The Morgan fingerprint density at radius 2 is 2.27 bits per heavy atom. The highest BCUT2D eigenvalue weighted by atomic mass is 127. The normalized spacial score (nSPS) is 10.7. The molecule has 0 saturated heterocycles. The number of halogens is 2. The largest absolute Gasteiger partial charge is 0.301 e. The Morgan fingerprint density at radius 3 is 3.00 bits per heavy atom. The van der Waals surface area contributed by atoms with Crippen molar-refractivity contribution >= 4 is 39.7 Å². The van der Waals surface area contributed by atoms with Crippen LogP contribution in [-0.2, 0) is 0 Å². The summed E-state index contributed by atoms with van der Waals surface area (Å²) in [6.07, 6.45) is 5.17. The summed E-state index contributed by atoms with van der Waals surface area (Å²) in [7, 11) is 0. The average Bonchev–Trinajstić information content (AvgIpc) is 2.34. The summed E-state index contributed by atoms with van der Waals surface area (Å²) in [5.41, 5.74) is 0.870. The van der Waals surface area contributed by atoms with Crippen molar-refractivity contribution in [2.24, 2.45) is 0 Å². The van der Waals surface area contributed by atoms with E-state index in [1.165, 1.54) is 0 Å². The number of imidazole rings is 1. The van der Waals surface area contributed by atoms with E-state index in [9.17, 15) is 0 Å². The van der Waals surface area contributed by atoms with E-state index in [-0.39, 0.29) is 0 Å². The topological polar surface area (TPSA) is 30.2 Å². The molecule has 3 nitrogen and oxygen atoms in total. The SMILES string of the molecule is Clc1nccn2cnc(I)c12. The second-order valence-corrected chi connectivity index (χ2v) is 3.39. The van der Waals surface area contributed by atoms with Crippen LogP contribution in [0, 0.1) is 3.70 Å². The molecule has 0 atom stereocenters. The Labute approximate surface area is 81.6 Å². The zero-order valence-electron chi connectivity index (χ0n) is 5.33. The van der Waals surface area contributed by atoms with Crippen LogP contribution < -0.4 is 0 Å². The molecule has 2 aromatic heterocycles. The maximum absolute atomic E-state index is 5.83. The quantitative estimate of drug-likeness (QED) is 0.690. The van der Waals surface area contributed by atoms with Gasteiger partial charge in [-0.2, -0.15) is 0 Å². The lowest BCUT2D eigenvalue weighted by Crippen LogP contribution is -1.84. The summed E-state index contributed by atoms with van der Waals surface area (Å²) in [5.74, 6) is 0. The number of aromatic nitrogens is 3. The molecule has 11 heavy (non-hydrogen) atoms. The third-order valence-electron chi connectivity index (χ3n) is 1.36. The molecule has 0 spiro atoms. The molecular formula is C6H3ClIN3. The third-order valence-corrected chi connectivity index (χ3v) is 2.43. The standard InChI is InChI=1S/C6H3ClIN3/c7-5-4-6(8)10-3-11(4)2-1-9-5/h1-3H. The highest BCUT2D eigenvalue weighted by Crippen LogP contribution is 2.18. The lowest BCUT2D eigenvalue weighted by molar-refractivity contribution is 1.11. The monoisotopic (exact) mass is 279 g/mol. The highest BCUT2D eigenvalue weighted by molar-refractivity contribution is 14.1. The maximum Gasteiger partial charge on any atom is 0.155 e. The molecule has 0 aliphatic heterocycles. The van der Waals surface area contributed by atoms with Crippen LogP contribution in [0.1, 0.15) is 0 Å². The number of hydrogen-bond donors (Lipinski definition) is 0. The molecule has 0 aliphatic rings. The van der Waals surface area contributed by atoms with E-state index < -0.39 is 0 Å². The molecule has 2 heterocycles. The zero-order chi connectivity index (χ0) is 7.84. The number of rotatable bonds is 0. The predicted molar refractivity (Wildman–Crippen MR) is 50.7 cm³/mol. The molecule has 56 valence electrons. The van der Waals surface area contributed by atoms with Gasteiger partial charge in [-0.15, -0.1) is 0 Å². The van der Waals surface area contributed by atoms with Gasteiger partial charge in [-0.1, -0.05) is 11.6 Å². The van der Waals surface area contributed by atoms with Crippen LogP contribution in [-0.4, -0.2) is 14.4 Å². The second kappa shape index (κ2) is 2.60. The Morgan fingerprint density at radius 1 is 1.45 bits per heavy atom. The van der Waals surface area contributed by atoms with Crippen LogP contribution >= 0.6 is 34.2 Å². The van der Waals surface area contributed by atoms with Gasteiger partial charge in [0.05, 0.1) is 0 Å². The molecule has 0 aliphatic carbocycles. The summed E-state index contributed by atoms with van der Waals surface area (Å²) in [4.78, 5) is 8.02. The molecule has 0 fully saturated rings. The van der Waals surface area contributed by atoms with Gasteiger partial charge in [-0.05, 0) is 22.6 Å². The smallest absolute Gasteiger partial charge is 0.155 e. The predicted octanol–water partition coefficient (Wildman–Crippen LogP) is 1.99. The molecule has 0 saturated carbocycles. The van der Waals surface area contributed by atoms with E-state index in [1.54, 1.807) is 12.5 Å². The lowest BCUT2D eigenvalue weighted by atomic mass is 10.6. The fourth-order valence-corrected chi connectivity index (χ4v) is 1.94. The molecule has 0 unspecified atom stereocenters. The van der Waals surface area contributed by atoms with Crippen molar-refractivity contribution in [2.75, 3.05) is 0 Å². The van der Waals surface area contributed by atoms with Gasteiger partial charge in [0, 0.05) is 12.4 Å². The van der Waals surface area contributed by atoms with Crippen LogP contribution in [0.2, 0.25) is 5.15 Å². The summed E-state index contributed by atoms with van der Waals surface area (Å²) in [6, 6.07) is 0. The third kappa shape index (κ3) is 1.10.